The van der Waals surface area contributed by atoms with Crippen LogP contribution in [0.15, 0.2) is 42.5 Å². The zero-order valence-electron chi connectivity index (χ0n) is 11.2. The van der Waals surface area contributed by atoms with Gasteiger partial charge in [-0.1, -0.05) is 37.6 Å². The van der Waals surface area contributed by atoms with Crippen LogP contribution in [0.4, 0.5) is 10.1 Å². The molecule has 0 fully saturated rings. The molecule has 3 nitrogen and oxygen atoms in total. The smallest absolute Gasteiger partial charge is 0.262 e. The van der Waals surface area contributed by atoms with Crippen LogP contribution in [0.5, 0.6) is 5.75 Å². The molecule has 0 bridgehead atoms. The fraction of sp³-hybridized carbons (Fsp3) is 0.188. The van der Waals surface area contributed by atoms with Crippen molar-refractivity contribution in [1.29, 1.82) is 0 Å². The number of amides is 1. The Morgan fingerprint density at radius 3 is 2.65 bits per heavy atom. The van der Waals surface area contributed by atoms with Gasteiger partial charge >= 0.3 is 0 Å². The average molecular weight is 273 g/mol. The SMILES string of the molecule is CCCc1ccccc1NC(=O)c1c(O)cccc1F. The third kappa shape index (κ3) is 2.96. The minimum absolute atomic E-state index is 0.334. The van der Waals surface area contributed by atoms with E-state index < -0.39 is 11.7 Å². The van der Waals surface area contributed by atoms with Gasteiger partial charge in [0, 0.05) is 5.69 Å². The molecule has 4 heteroatoms. The Kier molecular flexibility index (Phi) is 4.35. The first-order chi connectivity index (χ1) is 9.63. The van der Waals surface area contributed by atoms with Gasteiger partial charge in [-0.2, -0.15) is 0 Å². The Morgan fingerprint density at radius 2 is 1.95 bits per heavy atom. The number of carbonyl (C=O) groups excluding carboxylic acids is 1. The summed E-state index contributed by atoms with van der Waals surface area (Å²) in [5, 5.41) is 12.3. The molecule has 0 aliphatic carbocycles. The van der Waals surface area contributed by atoms with Crippen molar-refractivity contribution in [2.45, 2.75) is 19.8 Å². The van der Waals surface area contributed by atoms with E-state index in [0.29, 0.717) is 5.69 Å². The summed E-state index contributed by atoms with van der Waals surface area (Å²) in [6.45, 7) is 2.04. The van der Waals surface area contributed by atoms with Gasteiger partial charge in [-0.15, -0.1) is 0 Å². The van der Waals surface area contributed by atoms with E-state index in [4.69, 9.17) is 0 Å². The fourth-order valence-corrected chi connectivity index (χ4v) is 2.05. The van der Waals surface area contributed by atoms with E-state index in [2.05, 4.69) is 5.32 Å². The van der Waals surface area contributed by atoms with Crippen molar-refractivity contribution in [3.63, 3.8) is 0 Å². The minimum atomic E-state index is -0.740. The van der Waals surface area contributed by atoms with Crippen LogP contribution in [0, 0.1) is 5.82 Å². The van der Waals surface area contributed by atoms with Crippen LogP contribution < -0.4 is 5.32 Å². The lowest BCUT2D eigenvalue weighted by Crippen LogP contribution is -2.15. The molecule has 0 radical (unpaired) electrons. The van der Waals surface area contributed by atoms with E-state index in [-0.39, 0.29) is 11.3 Å². The Morgan fingerprint density at radius 1 is 1.20 bits per heavy atom. The van der Waals surface area contributed by atoms with Gasteiger partial charge in [0.25, 0.3) is 5.91 Å². The molecule has 104 valence electrons. The van der Waals surface area contributed by atoms with Gasteiger partial charge in [-0.25, -0.2) is 4.39 Å². The number of anilines is 1. The van der Waals surface area contributed by atoms with Gasteiger partial charge in [-0.05, 0) is 30.2 Å². The molecule has 0 aliphatic rings. The van der Waals surface area contributed by atoms with Crippen molar-refractivity contribution < 1.29 is 14.3 Å². The van der Waals surface area contributed by atoms with Gasteiger partial charge in [0.15, 0.2) is 0 Å². The zero-order valence-corrected chi connectivity index (χ0v) is 11.2. The second-order valence-corrected chi connectivity index (χ2v) is 4.50. The van der Waals surface area contributed by atoms with Crippen LogP contribution >= 0.6 is 0 Å². The van der Waals surface area contributed by atoms with E-state index in [1.54, 1.807) is 12.1 Å². The molecular formula is C16H16FNO2. The number of phenols is 1. The predicted molar refractivity (Wildman–Crippen MR) is 76.5 cm³/mol. The lowest BCUT2D eigenvalue weighted by molar-refractivity contribution is 0.102. The van der Waals surface area contributed by atoms with Crippen molar-refractivity contribution in [2.75, 3.05) is 5.32 Å². The molecule has 0 atom stereocenters. The van der Waals surface area contributed by atoms with Crippen LogP contribution in [0.3, 0.4) is 0 Å². The summed E-state index contributed by atoms with van der Waals surface area (Å²) in [5.41, 5.74) is 1.29. The number of aromatic hydroxyl groups is 1. The Hall–Kier alpha value is -2.36. The number of para-hydroxylation sites is 1. The summed E-state index contributed by atoms with van der Waals surface area (Å²) in [6.07, 6.45) is 1.76. The highest BCUT2D eigenvalue weighted by Crippen LogP contribution is 2.23. The molecule has 0 saturated carbocycles. The number of hydrogen-bond acceptors (Lipinski definition) is 2. The predicted octanol–water partition coefficient (Wildman–Crippen LogP) is 3.74. The van der Waals surface area contributed by atoms with Crippen molar-refractivity contribution in [3.8, 4) is 5.75 Å². The molecule has 2 rings (SSSR count). The number of hydrogen-bond donors (Lipinski definition) is 2. The number of carbonyl (C=O) groups is 1. The molecule has 0 unspecified atom stereocenters. The largest absolute Gasteiger partial charge is 0.507 e. The van der Waals surface area contributed by atoms with E-state index in [0.717, 1.165) is 24.5 Å². The molecular weight excluding hydrogens is 257 g/mol. The van der Waals surface area contributed by atoms with Crippen LogP contribution in [0.2, 0.25) is 0 Å². The first-order valence-electron chi connectivity index (χ1n) is 6.50. The molecule has 2 N–H and O–H groups in total. The molecule has 0 aliphatic heterocycles. The van der Waals surface area contributed by atoms with E-state index in [1.807, 2.05) is 19.1 Å². The summed E-state index contributed by atoms with van der Waals surface area (Å²) in [5.74, 6) is -1.75. The fourth-order valence-electron chi connectivity index (χ4n) is 2.05. The van der Waals surface area contributed by atoms with E-state index in [1.165, 1.54) is 12.1 Å². The van der Waals surface area contributed by atoms with E-state index in [9.17, 15) is 14.3 Å². The number of aryl methyl sites for hydroxylation is 1. The van der Waals surface area contributed by atoms with Crippen molar-refractivity contribution >= 4 is 11.6 Å². The highest BCUT2D eigenvalue weighted by molar-refractivity contribution is 6.06. The maximum atomic E-state index is 13.6. The highest BCUT2D eigenvalue weighted by atomic mass is 19.1. The third-order valence-electron chi connectivity index (χ3n) is 3.00. The van der Waals surface area contributed by atoms with Gasteiger partial charge in [0.05, 0.1) is 0 Å². The normalized spacial score (nSPS) is 10.3. The van der Waals surface area contributed by atoms with Crippen LogP contribution in [0.25, 0.3) is 0 Å². The molecule has 2 aromatic carbocycles. The van der Waals surface area contributed by atoms with Crippen LogP contribution in [0.1, 0.15) is 29.3 Å². The summed E-state index contributed by atoms with van der Waals surface area (Å²) in [6, 6.07) is 11.2. The first-order valence-corrected chi connectivity index (χ1v) is 6.50. The second kappa shape index (κ2) is 6.19. The highest BCUT2D eigenvalue weighted by Gasteiger charge is 2.17. The van der Waals surface area contributed by atoms with Gasteiger partial charge in [0.1, 0.15) is 17.1 Å². The number of halogens is 1. The summed E-state index contributed by atoms with van der Waals surface area (Å²) in [7, 11) is 0. The van der Waals surface area contributed by atoms with Crippen molar-refractivity contribution in [2.24, 2.45) is 0 Å². The van der Waals surface area contributed by atoms with Crippen molar-refractivity contribution in [1.82, 2.24) is 0 Å². The molecule has 2 aromatic rings. The molecule has 0 heterocycles. The average Bonchev–Trinajstić information content (AvgIpc) is 2.41. The summed E-state index contributed by atoms with van der Waals surface area (Å²) < 4.78 is 13.6. The van der Waals surface area contributed by atoms with E-state index >= 15 is 0 Å². The lowest BCUT2D eigenvalue weighted by Gasteiger charge is -2.11. The van der Waals surface area contributed by atoms with Gasteiger partial charge in [-0.3, -0.25) is 4.79 Å². The van der Waals surface area contributed by atoms with Crippen molar-refractivity contribution in [3.05, 3.63) is 59.4 Å². The lowest BCUT2D eigenvalue weighted by atomic mass is 10.1. The van der Waals surface area contributed by atoms with Gasteiger partial charge < -0.3 is 10.4 Å². The first kappa shape index (κ1) is 14.1. The number of benzene rings is 2. The second-order valence-electron chi connectivity index (χ2n) is 4.50. The maximum Gasteiger partial charge on any atom is 0.262 e. The standard InChI is InChI=1S/C16H16FNO2/c1-2-6-11-7-3-4-9-13(11)18-16(20)15-12(17)8-5-10-14(15)19/h3-5,7-10,19H,2,6H2,1H3,(H,18,20). The Bertz CT molecular complexity index is 605. The van der Waals surface area contributed by atoms with Crippen LogP contribution in [-0.2, 0) is 6.42 Å². The molecule has 0 saturated heterocycles. The topological polar surface area (TPSA) is 49.3 Å². The molecule has 20 heavy (non-hydrogen) atoms. The summed E-state index contributed by atoms with van der Waals surface area (Å²) >= 11 is 0. The molecule has 0 aromatic heterocycles. The summed E-state index contributed by atoms with van der Waals surface area (Å²) in [4.78, 5) is 12.1. The monoisotopic (exact) mass is 273 g/mol. The quantitative estimate of drug-likeness (QED) is 0.891. The van der Waals surface area contributed by atoms with Gasteiger partial charge in [0.2, 0.25) is 0 Å². The number of rotatable bonds is 4. The van der Waals surface area contributed by atoms with Crippen LogP contribution in [-0.4, -0.2) is 11.0 Å². The molecule has 1 amide bonds. The Labute approximate surface area is 117 Å². The minimum Gasteiger partial charge on any atom is -0.507 e. The number of phenolic OH excluding ortho intramolecular Hbond substituents is 1. The third-order valence-corrected chi connectivity index (χ3v) is 3.00. The zero-order chi connectivity index (χ0) is 14.5. The maximum absolute atomic E-state index is 13.6. The molecule has 0 spiro atoms. The number of nitrogens with one attached hydrogen (secondary N) is 1. The Balaban J connectivity index is 2.28.